The number of benzene rings is 2. The van der Waals surface area contributed by atoms with Crippen molar-refractivity contribution in [2.45, 2.75) is 39.0 Å². The third-order valence-corrected chi connectivity index (χ3v) is 5.96. The van der Waals surface area contributed by atoms with Crippen LogP contribution in [0.2, 0.25) is 5.02 Å². The number of halogens is 4. The zero-order valence-electron chi connectivity index (χ0n) is 18.4. The lowest BCUT2D eigenvalue weighted by Gasteiger charge is -2.23. The summed E-state index contributed by atoms with van der Waals surface area (Å²) in [5, 5.41) is 2.04. The highest BCUT2D eigenvalue weighted by molar-refractivity contribution is 7.92. The molecule has 0 radical (unpaired) electrons. The van der Waals surface area contributed by atoms with Crippen molar-refractivity contribution in [2.24, 2.45) is 0 Å². The van der Waals surface area contributed by atoms with Gasteiger partial charge in [0.05, 0.1) is 28.6 Å². The van der Waals surface area contributed by atoms with Crippen molar-refractivity contribution >= 4 is 33.2 Å². The van der Waals surface area contributed by atoms with Gasteiger partial charge in [-0.15, -0.1) is 0 Å². The molecule has 1 N–H and O–H groups in total. The molecule has 0 aliphatic carbocycles. The highest BCUT2D eigenvalue weighted by atomic mass is 35.5. The summed E-state index contributed by atoms with van der Waals surface area (Å²) in [4.78, 5) is 12.3. The van der Waals surface area contributed by atoms with Gasteiger partial charge < -0.3 is 10.1 Å². The van der Waals surface area contributed by atoms with Gasteiger partial charge in [-0.2, -0.15) is 13.2 Å². The van der Waals surface area contributed by atoms with E-state index in [1.54, 1.807) is 0 Å². The van der Waals surface area contributed by atoms with Crippen LogP contribution in [0.4, 0.5) is 18.9 Å². The van der Waals surface area contributed by atoms with E-state index in [1.165, 1.54) is 0 Å². The average molecular weight is 507 g/mol. The smallest absolute Gasteiger partial charge is 0.417 e. The summed E-state index contributed by atoms with van der Waals surface area (Å²) in [5.74, 6) is 0.128. The van der Waals surface area contributed by atoms with E-state index in [1.807, 2.05) is 38.1 Å². The topological polar surface area (TPSA) is 75.7 Å². The van der Waals surface area contributed by atoms with Gasteiger partial charge in [-0.1, -0.05) is 23.7 Å². The van der Waals surface area contributed by atoms with E-state index < -0.39 is 39.2 Å². The summed E-state index contributed by atoms with van der Waals surface area (Å²) in [7, 11) is -4.02. The van der Waals surface area contributed by atoms with E-state index >= 15 is 0 Å². The molecule has 11 heteroatoms. The molecule has 33 heavy (non-hydrogen) atoms. The average Bonchev–Trinajstić information content (AvgIpc) is 2.69. The summed E-state index contributed by atoms with van der Waals surface area (Å²) >= 11 is 5.60. The number of hydrogen-bond acceptors (Lipinski definition) is 4. The van der Waals surface area contributed by atoms with Gasteiger partial charge in [-0.05, 0) is 62.6 Å². The van der Waals surface area contributed by atoms with Gasteiger partial charge in [-0.3, -0.25) is 9.10 Å². The maximum atomic E-state index is 13.1. The quantitative estimate of drug-likeness (QED) is 0.475. The number of aryl methyl sites for hydroxylation is 1. The number of sulfonamides is 1. The molecule has 0 aromatic heterocycles. The minimum absolute atomic E-state index is 0.0745. The lowest BCUT2D eigenvalue weighted by atomic mass is 10.1. The minimum Gasteiger partial charge on any atom is -0.491 e. The molecule has 0 atom stereocenters. The number of carbonyl (C=O) groups excluding carboxylic acids is 1. The second-order valence-corrected chi connectivity index (χ2v) is 10.0. The Labute approximate surface area is 196 Å². The molecule has 2 aromatic rings. The Bertz CT molecular complexity index is 1060. The number of carbonyl (C=O) groups is 1. The van der Waals surface area contributed by atoms with Crippen LogP contribution >= 0.6 is 11.6 Å². The third-order valence-electron chi connectivity index (χ3n) is 4.49. The van der Waals surface area contributed by atoms with Crippen LogP contribution in [0.5, 0.6) is 5.75 Å². The first-order valence-corrected chi connectivity index (χ1v) is 12.4. The molecule has 0 fully saturated rings. The maximum absolute atomic E-state index is 13.1. The van der Waals surface area contributed by atoms with E-state index in [9.17, 15) is 26.4 Å². The van der Waals surface area contributed by atoms with Crippen LogP contribution in [0, 0.1) is 0 Å². The SMILES string of the molecule is CC(C)Oc1ccc(CCCNC(=O)CN(c2ccc(Cl)c(C(F)(F)F)c2)S(C)(=O)=O)cc1. The van der Waals surface area contributed by atoms with Crippen LogP contribution in [0.25, 0.3) is 0 Å². The van der Waals surface area contributed by atoms with Crippen molar-refractivity contribution in [3.63, 3.8) is 0 Å². The van der Waals surface area contributed by atoms with Crippen molar-refractivity contribution in [1.82, 2.24) is 5.32 Å². The van der Waals surface area contributed by atoms with Gasteiger partial charge in [0.15, 0.2) is 0 Å². The largest absolute Gasteiger partial charge is 0.491 e. The van der Waals surface area contributed by atoms with Crippen LogP contribution in [-0.2, 0) is 27.4 Å². The number of rotatable bonds is 10. The van der Waals surface area contributed by atoms with Crippen molar-refractivity contribution in [3.05, 3.63) is 58.6 Å². The van der Waals surface area contributed by atoms with Crippen molar-refractivity contribution in [2.75, 3.05) is 23.7 Å². The van der Waals surface area contributed by atoms with Crippen molar-refractivity contribution in [1.29, 1.82) is 0 Å². The van der Waals surface area contributed by atoms with E-state index in [0.717, 1.165) is 29.7 Å². The Balaban J connectivity index is 1.96. The number of amides is 1. The molecule has 182 valence electrons. The molecule has 1 amide bonds. The molecule has 0 saturated carbocycles. The van der Waals surface area contributed by atoms with Crippen LogP contribution in [0.15, 0.2) is 42.5 Å². The molecular weight excluding hydrogens is 481 g/mol. The van der Waals surface area contributed by atoms with Gasteiger partial charge in [0.2, 0.25) is 15.9 Å². The molecule has 0 unspecified atom stereocenters. The fraction of sp³-hybridized carbons (Fsp3) is 0.409. The normalized spacial score (nSPS) is 12.0. The molecule has 0 aliphatic rings. The molecule has 0 saturated heterocycles. The zero-order valence-corrected chi connectivity index (χ0v) is 20.0. The molecule has 6 nitrogen and oxygen atoms in total. The fourth-order valence-corrected chi connectivity index (χ4v) is 4.07. The lowest BCUT2D eigenvalue weighted by molar-refractivity contribution is -0.137. The summed E-state index contributed by atoms with van der Waals surface area (Å²) in [5.41, 5.74) is -0.437. The second kappa shape index (κ2) is 11.1. The molecule has 0 spiro atoms. The number of nitrogens with one attached hydrogen (secondary N) is 1. The monoisotopic (exact) mass is 506 g/mol. The number of hydrogen-bond donors (Lipinski definition) is 1. The van der Waals surface area contributed by atoms with E-state index in [0.29, 0.717) is 23.2 Å². The van der Waals surface area contributed by atoms with Gasteiger partial charge in [-0.25, -0.2) is 8.42 Å². The van der Waals surface area contributed by atoms with E-state index in [2.05, 4.69) is 5.32 Å². The van der Waals surface area contributed by atoms with Gasteiger partial charge in [0.1, 0.15) is 12.3 Å². The Kier molecular flexibility index (Phi) is 9.02. The Morgan fingerprint density at radius 3 is 2.33 bits per heavy atom. The summed E-state index contributed by atoms with van der Waals surface area (Å²) in [6.45, 7) is 3.49. The van der Waals surface area contributed by atoms with Gasteiger partial charge >= 0.3 is 6.18 Å². The molecular formula is C22H26ClF3N2O4S. The number of ether oxygens (including phenoxy) is 1. The maximum Gasteiger partial charge on any atom is 0.417 e. The predicted octanol–water partition coefficient (Wildman–Crippen LogP) is 4.66. The first-order chi connectivity index (χ1) is 15.3. The third kappa shape index (κ3) is 8.43. The predicted molar refractivity (Wildman–Crippen MR) is 122 cm³/mol. The van der Waals surface area contributed by atoms with E-state index in [4.69, 9.17) is 16.3 Å². The molecule has 0 aliphatic heterocycles. The molecule has 0 heterocycles. The number of nitrogens with zero attached hydrogens (tertiary/aromatic N) is 1. The second-order valence-electron chi connectivity index (χ2n) is 7.70. The first-order valence-electron chi connectivity index (χ1n) is 10.1. The Morgan fingerprint density at radius 1 is 1.15 bits per heavy atom. The van der Waals surface area contributed by atoms with Gasteiger partial charge in [0.25, 0.3) is 0 Å². The molecule has 0 bridgehead atoms. The minimum atomic E-state index is -4.77. The Morgan fingerprint density at radius 2 is 1.79 bits per heavy atom. The highest BCUT2D eigenvalue weighted by Gasteiger charge is 2.34. The van der Waals surface area contributed by atoms with E-state index in [-0.39, 0.29) is 18.3 Å². The summed E-state index contributed by atoms with van der Waals surface area (Å²) in [6.07, 6.45) is -2.62. The van der Waals surface area contributed by atoms with Crippen molar-refractivity contribution < 1.29 is 31.1 Å². The van der Waals surface area contributed by atoms with Crippen LogP contribution in [-0.4, -0.2) is 39.8 Å². The summed E-state index contributed by atoms with van der Waals surface area (Å²) < 4.78 is 69.9. The van der Waals surface area contributed by atoms with Crippen LogP contribution in [0.3, 0.4) is 0 Å². The first kappa shape index (κ1) is 26.8. The summed E-state index contributed by atoms with van der Waals surface area (Å²) in [6, 6.07) is 10.3. The highest BCUT2D eigenvalue weighted by Crippen LogP contribution is 2.37. The zero-order chi connectivity index (χ0) is 24.8. The number of alkyl halides is 3. The lowest BCUT2D eigenvalue weighted by Crippen LogP contribution is -2.40. The molecule has 2 rings (SSSR count). The standard InChI is InChI=1S/C22H26ClF3N2O4S/c1-15(2)32-18-9-6-16(7-10-18)5-4-12-27-21(29)14-28(33(3,30)31)17-8-11-20(23)19(13-17)22(24,25)26/h6-11,13,15H,4-5,12,14H2,1-3H3,(H,27,29). The molecule has 2 aromatic carbocycles. The van der Waals surface area contributed by atoms with Crippen molar-refractivity contribution in [3.8, 4) is 5.75 Å². The van der Waals surface area contributed by atoms with Gasteiger partial charge in [0, 0.05) is 6.54 Å². The fourth-order valence-electron chi connectivity index (χ4n) is 3.00. The van der Waals surface area contributed by atoms with Crippen LogP contribution in [0.1, 0.15) is 31.4 Å². The number of anilines is 1. The van der Waals surface area contributed by atoms with Crippen LogP contribution < -0.4 is 14.4 Å². The Hall–Kier alpha value is -2.46.